The summed E-state index contributed by atoms with van der Waals surface area (Å²) in [5, 5.41) is 0. The molecule has 58 valence electrons. The molecule has 0 fully saturated rings. The van der Waals surface area contributed by atoms with Crippen LogP contribution >= 0.6 is 15.9 Å². The lowest BCUT2D eigenvalue weighted by Crippen LogP contribution is -1.80. The molecule has 1 aromatic rings. The zero-order chi connectivity index (χ0) is 8.10. The van der Waals surface area contributed by atoms with Gasteiger partial charge in [0.25, 0.3) is 0 Å². The van der Waals surface area contributed by atoms with Crippen molar-refractivity contribution in [1.82, 2.24) is 0 Å². The van der Waals surface area contributed by atoms with Gasteiger partial charge in [-0.25, -0.2) is 0 Å². The van der Waals surface area contributed by atoms with Crippen molar-refractivity contribution in [2.24, 2.45) is 0 Å². The average molecular weight is 213 g/mol. The Morgan fingerprint density at radius 3 is 2.36 bits per heavy atom. The van der Waals surface area contributed by atoms with Gasteiger partial charge in [0.2, 0.25) is 0 Å². The minimum absolute atomic E-state index is 0.886. The Balaban J connectivity index is 2.82. The van der Waals surface area contributed by atoms with E-state index in [1.807, 2.05) is 35.3 Å². The highest BCUT2D eigenvalue weighted by atomic mass is 79.9. The van der Waals surface area contributed by atoms with Gasteiger partial charge in [0.15, 0.2) is 0 Å². The van der Waals surface area contributed by atoms with Crippen LogP contribution < -0.4 is 4.74 Å². The SMILES string of the molecule is COc1ccc(/C=C\Br)cc1. The van der Waals surface area contributed by atoms with Crippen LogP contribution in [-0.4, -0.2) is 7.11 Å². The first-order chi connectivity index (χ1) is 5.36. The molecule has 0 saturated heterocycles. The predicted octanol–water partition coefficient (Wildman–Crippen LogP) is 3.06. The maximum Gasteiger partial charge on any atom is 0.118 e. The second-order valence-electron chi connectivity index (χ2n) is 2.07. The third kappa shape index (κ3) is 2.39. The smallest absolute Gasteiger partial charge is 0.118 e. The van der Waals surface area contributed by atoms with Crippen molar-refractivity contribution in [3.8, 4) is 5.75 Å². The van der Waals surface area contributed by atoms with E-state index >= 15 is 0 Å². The Kier molecular flexibility index (Phi) is 3.17. The van der Waals surface area contributed by atoms with Gasteiger partial charge in [0.1, 0.15) is 5.75 Å². The van der Waals surface area contributed by atoms with Crippen LogP contribution in [0.2, 0.25) is 0 Å². The number of rotatable bonds is 2. The monoisotopic (exact) mass is 212 g/mol. The fourth-order valence-electron chi connectivity index (χ4n) is 0.788. The van der Waals surface area contributed by atoms with Crippen molar-refractivity contribution >= 4 is 22.0 Å². The molecule has 0 aliphatic rings. The molecule has 0 aromatic heterocycles. The molecule has 0 amide bonds. The summed E-state index contributed by atoms with van der Waals surface area (Å²) >= 11 is 3.21. The fourth-order valence-corrected chi connectivity index (χ4v) is 1.09. The summed E-state index contributed by atoms with van der Waals surface area (Å²) in [6.45, 7) is 0. The summed E-state index contributed by atoms with van der Waals surface area (Å²) < 4.78 is 5.01. The van der Waals surface area contributed by atoms with E-state index in [2.05, 4.69) is 15.9 Å². The highest BCUT2D eigenvalue weighted by Gasteiger charge is 1.88. The first-order valence-corrected chi connectivity index (χ1v) is 4.19. The topological polar surface area (TPSA) is 9.23 Å². The molecule has 0 saturated carbocycles. The van der Waals surface area contributed by atoms with Gasteiger partial charge in [-0.3, -0.25) is 0 Å². The third-order valence-corrected chi connectivity index (χ3v) is 1.64. The number of ether oxygens (including phenoxy) is 1. The minimum atomic E-state index is 0.886. The Morgan fingerprint density at radius 2 is 1.91 bits per heavy atom. The maximum absolute atomic E-state index is 5.01. The van der Waals surface area contributed by atoms with Gasteiger partial charge < -0.3 is 4.74 Å². The van der Waals surface area contributed by atoms with Gasteiger partial charge >= 0.3 is 0 Å². The molecule has 0 aliphatic carbocycles. The summed E-state index contributed by atoms with van der Waals surface area (Å²) in [5.41, 5.74) is 1.16. The lowest BCUT2D eigenvalue weighted by atomic mass is 10.2. The van der Waals surface area contributed by atoms with Crippen LogP contribution in [0, 0.1) is 0 Å². The molecule has 0 heterocycles. The van der Waals surface area contributed by atoms with Crippen molar-refractivity contribution in [3.05, 3.63) is 34.8 Å². The lowest BCUT2D eigenvalue weighted by molar-refractivity contribution is 0.415. The van der Waals surface area contributed by atoms with Crippen molar-refractivity contribution in [2.75, 3.05) is 7.11 Å². The fraction of sp³-hybridized carbons (Fsp3) is 0.111. The quantitative estimate of drug-likeness (QED) is 0.733. The van der Waals surface area contributed by atoms with E-state index in [1.54, 1.807) is 7.11 Å². The van der Waals surface area contributed by atoms with E-state index in [1.165, 1.54) is 0 Å². The van der Waals surface area contributed by atoms with Crippen LogP contribution in [0.1, 0.15) is 5.56 Å². The Bertz CT molecular complexity index is 238. The number of hydrogen-bond donors (Lipinski definition) is 0. The zero-order valence-electron chi connectivity index (χ0n) is 6.25. The van der Waals surface area contributed by atoms with E-state index < -0.39 is 0 Å². The second kappa shape index (κ2) is 4.19. The molecule has 1 rings (SSSR count). The summed E-state index contributed by atoms with van der Waals surface area (Å²) in [6, 6.07) is 7.86. The minimum Gasteiger partial charge on any atom is -0.497 e. The van der Waals surface area contributed by atoms with E-state index in [-0.39, 0.29) is 0 Å². The van der Waals surface area contributed by atoms with E-state index in [9.17, 15) is 0 Å². The molecule has 0 unspecified atom stereocenters. The van der Waals surface area contributed by atoms with Crippen LogP contribution in [0.5, 0.6) is 5.75 Å². The standard InChI is InChI=1S/C9H9BrO/c1-11-9-4-2-8(3-5-9)6-7-10/h2-7H,1H3/b7-6-. The molecule has 0 spiro atoms. The molecule has 1 nitrogen and oxygen atoms in total. The van der Waals surface area contributed by atoms with E-state index in [4.69, 9.17) is 4.74 Å². The van der Waals surface area contributed by atoms with Crippen LogP contribution in [0.25, 0.3) is 6.08 Å². The highest BCUT2D eigenvalue weighted by molar-refractivity contribution is 9.11. The molecular formula is C9H9BrO. The van der Waals surface area contributed by atoms with E-state index in [0.717, 1.165) is 11.3 Å². The highest BCUT2D eigenvalue weighted by Crippen LogP contribution is 2.12. The van der Waals surface area contributed by atoms with Crippen LogP contribution in [0.4, 0.5) is 0 Å². The van der Waals surface area contributed by atoms with E-state index in [0.29, 0.717) is 0 Å². The molecule has 11 heavy (non-hydrogen) atoms. The first-order valence-electron chi connectivity index (χ1n) is 3.27. The molecule has 0 bridgehead atoms. The van der Waals surface area contributed by atoms with Crippen molar-refractivity contribution in [1.29, 1.82) is 0 Å². The van der Waals surface area contributed by atoms with Gasteiger partial charge in [-0.2, -0.15) is 0 Å². The third-order valence-electron chi connectivity index (χ3n) is 1.37. The molecule has 2 heteroatoms. The predicted molar refractivity (Wildman–Crippen MR) is 51.0 cm³/mol. The molecule has 0 N–H and O–H groups in total. The van der Waals surface area contributed by atoms with Gasteiger partial charge in [-0.05, 0) is 28.8 Å². The number of halogens is 1. The maximum atomic E-state index is 5.01. The molecule has 0 radical (unpaired) electrons. The second-order valence-corrected chi connectivity index (χ2v) is 2.59. The van der Waals surface area contributed by atoms with Crippen LogP contribution in [0.15, 0.2) is 29.3 Å². The largest absolute Gasteiger partial charge is 0.497 e. The number of benzene rings is 1. The Labute approximate surface area is 74.8 Å². The molecule has 1 aromatic carbocycles. The average Bonchev–Trinajstić information content (AvgIpc) is 2.07. The number of methoxy groups -OCH3 is 1. The lowest BCUT2D eigenvalue weighted by Gasteiger charge is -1.97. The zero-order valence-corrected chi connectivity index (χ0v) is 7.84. The first kappa shape index (κ1) is 8.34. The van der Waals surface area contributed by atoms with Gasteiger partial charge in [-0.15, -0.1) is 0 Å². The Morgan fingerprint density at radius 1 is 1.27 bits per heavy atom. The van der Waals surface area contributed by atoms with Crippen molar-refractivity contribution in [2.45, 2.75) is 0 Å². The van der Waals surface area contributed by atoms with Gasteiger partial charge in [0.05, 0.1) is 7.11 Å². The van der Waals surface area contributed by atoms with Gasteiger partial charge in [-0.1, -0.05) is 28.1 Å². The van der Waals surface area contributed by atoms with Crippen molar-refractivity contribution < 1.29 is 4.74 Å². The number of hydrogen-bond acceptors (Lipinski definition) is 1. The molecule has 0 atom stereocenters. The normalized spacial score (nSPS) is 10.4. The van der Waals surface area contributed by atoms with Crippen LogP contribution in [0.3, 0.4) is 0 Å². The Hall–Kier alpha value is -0.760. The van der Waals surface area contributed by atoms with Gasteiger partial charge in [0, 0.05) is 0 Å². The molecule has 0 aliphatic heterocycles. The summed E-state index contributed by atoms with van der Waals surface area (Å²) in [5.74, 6) is 0.886. The summed E-state index contributed by atoms with van der Waals surface area (Å²) in [6.07, 6.45) is 1.97. The summed E-state index contributed by atoms with van der Waals surface area (Å²) in [4.78, 5) is 1.83. The summed E-state index contributed by atoms with van der Waals surface area (Å²) in [7, 11) is 1.66. The van der Waals surface area contributed by atoms with Crippen LogP contribution in [-0.2, 0) is 0 Å². The molecular weight excluding hydrogens is 204 g/mol. The van der Waals surface area contributed by atoms with Crippen molar-refractivity contribution in [3.63, 3.8) is 0 Å².